The summed E-state index contributed by atoms with van der Waals surface area (Å²) in [6.07, 6.45) is 0.768. The van der Waals surface area contributed by atoms with Crippen molar-refractivity contribution in [1.29, 1.82) is 0 Å². The number of carbonyl (C=O) groups is 1. The van der Waals surface area contributed by atoms with E-state index in [0.29, 0.717) is 18.8 Å². The number of hydrogen-bond donors (Lipinski definition) is 2. The molecule has 2 rings (SSSR count). The van der Waals surface area contributed by atoms with Gasteiger partial charge in [-0.1, -0.05) is 18.2 Å². The molecule has 0 unspecified atom stereocenters. The molecule has 3 N–H and O–H groups in total. The minimum Gasteiger partial charge on any atom is -0.450 e. The second kappa shape index (κ2) is 6.59. The molecule has 1 amide bonds. The molecule has 5 heteroatoms. The summed E-state index contributed by atoms with van der Waals surface area (Å²) in [5.41, 5.74) is 8.11. The van der Waals surface area contributed by atoms with Gasteiger partial charge < -0.3 is 15.5 Å². The van der Waals surface area contributed by atoms with Crippen molar-refractivity contribution >= 4 is 29.3 Å². The summed E-state index contributed by atoms with van der Waals surface area (Å²) in [4.78, 5) is 12.0. The molecule has 0 bridgehead atoms. The lowest BCUT2D eigenvalue weighted by Crippen LogP contribution is -2.26. The lowest BCUT2D eigenvalue weighted by atomic mass is 10.1. The van der Waals surface area contributed by atoms with Gasteiger partial charge in [-0.05, 0) is 32.4 Å². The molecule has 0 aliphatic carbocycles. The van der Waals surface area contributed by atoms with Gasteiger partial charge >= 0.3 is 0 Å². The highest BCUT2D eigenvalue weighted by Crippen LogP contribution is 2.27. The minimum absolute atomic E-state index is 0. The number of carbonyl (C=O) groups excluding carboxylic acids is 1. The van der Waals surface area contributed by atoms with Gasteiger partial charge in [0.1, 0.15) is 5.58 Å². The Kier molecular flexibility index (Phi) is 5.39. The van der Waals surface area contributed by atoms with Crippen LogP contribution in [0.5, 0.6) is 0 Å². The molecule has 1 aromatic carbocycles. The summed E-state index contributed by atoms with van der Waals surface area (Å²) < 4.78 is 5.68. The Morgan fingerprint density at radius 1 is 1.37 bits per heavy atom. The fourth-order valence-corrected chi connectivity index (χ4v) is 1.99. The van der Waals surface area contributed by atoms with Gasteiger partial charge in [0.15, 0.2) is 5.76 Å². The first-order valence-corrected chi connectivity index (χ1v) is 6.12. The number of furan rings is 1. The van der Waals surface area contributed by atoms with Crippen molar-refractivity contribution in [3.8, 4) is 0 Å². The third kappa shape index (κ3) is 3.08. The Bertz CT molecular complexity index is 578. The Hall–Kier alpha value is -1.52. The number of nitrogens with one attached hydrogen (secondary N) is 1. The number of amides is 1. The summed E-state index contributed by atoms with van der Waals surface area (Å²) >= 11 is 0. The van der Waals surface area contributed by atoms with Crippen LogP contribution in [-0.4, -0.2) is 19.0 Å². The van der Waals surface area contributed by atoms with Crippen molar-refractivity contribution in [2.45, 2.75) is 20.3 Å². The summed E-state index contributed by atoms with van der Waals surface area (Å²) in [6.45, 7) is 5.02. The van der Waals surface area contributed by atoms with Gasteiger partial charge in [-0.25, -0.2) is 0 Å². The van der Waals surface area contributed by atoms with Gasteiger partial charge in [-0.2, -0.15) is 0 Å². The highest BCUT2D eigenvalue weighted by Gasteiger charge is 2.17. The van der Waals surface area contributed by atoms with Crippen LogP contribution in [0.1, 0.15) is 28.1 Å². The van der Waals surface area contributed by atoms with E-state index in [1.165, 1.54) is 0 Å². The summed E-state index contributed by atoms with van der Waals surface area (Å²) in [5.74, 6) is 0.230. The molecule has 4 nitrogen and oxygen atoms in total. The summed E-state index contributed by atoms with van der Waals surface area (Å²) in [7, 11) is 0. The van der Waals surface area contributed by atoms with E-state index in [9.17, 15) is 4.79 Å². The zero-order valence-corrected chi connectivity index (χ0v) is 12.0. The number of para-hydroxylation sites is 1. The molecule has 0 saturated carbocycles. The highest BCUT2D eigenvalue weighted by atomic mass is 35.5. The molecule has 0 radical (unpaired) electrons. The smallest absolute Gasteiger partial charge is 0.287 e. The lowest BCUT2D eigenvalue weighted by Gasteiger charge is -2.01. The monoisotopic (exact) mass is 282 g/mol. The van der Waals surface area contributed by atoms with Gasteiger partial charge in [0, 0.05) is 17.5 Å². The van der Waals surface area contributed by atoms with E-state index < -0.39 is 0 Å². The SMILES string of the molecule is Cc1c(C(=O)NCCCN)oc2c(C)cccc12.Cl. The van der Waals surface area contributed by atoms with Crippen LogP contribution < -0.4 is 11.1 Å². The molecular formula is C14H19ClN2O2. The number of aryl methyl sites for hydroxylation is 2. The molecule has 104 valence electrons. The maximum absolute atomic E-state index is 12.0. The molecule has 19 heavy (non-hydrogen) atoms. The van der Waals surface area contributed by atoms with Crippen LogP contribution in [0.4, 0.5) is 0 Å². The zero-order chi connectivity index (χ0) is 13.1. The van der Waals surface area contributed by atoms with Gasteiger partial charge in [-0.15, -0.1) is 12.4 Å². The highest BCUT2D eigenvalue weighted by molar-refractivity contribution is 5.99. The molecule has 0 saturated heterocycles. The van der Waals surface area contributed by atoms with Crippen molar-refractivity contribution < 1.29 is 9.21 Å². The number of benzene rings is 1. The van der Waals surface area contributed by atoms with Crippen LogP contribution in [0.25, 0.3) is 11.0 Å². The number of nitrogens with two attached hydrogens (primary N) is 1. The lowest BCUT2D eigenvalue weighted by molar-refractivity contribution is 0.0927. The second-order valence-electron chi connectivity index (χ2n) is 4.41. The molecule has 0 aliphatic rings. The van der Waals surface area contributed by atoms with Gasteiger partial charge in [0.25, 0.3) is 5.91 Å². The van der Waals surface area contributed by atoms with E-state index >= 15 is 0 Å². The molecule has 0 aliphatic heterocycles. The maximum atomic E-state index is 12.0. The zero-order valence-electron chi connectivity index (χ0n) is 11.2. The number of halogens is 1. The van der Waals surface area contributed by atoms with Crippen molar-refractivity contribution in [2.24, 2.45) is 5.73 Å². The van der Waals surface area contributed by atoms with Gasteiger partial charge in [0.05, 0.1) is 0 Å². The van der Waals surface area contributed by atoms with Gasteiger partial charge in [0.2, 0.25) is 0 Å². The van der Waals surface area contributed by atoms with E-state index in [4.69, 9.17) is 10.2 Å². The van der Waals surface area contributed by atoms with Crippen molar-refractivity contribution in [2.75, 3.05) is 13.1 Å². The molecule has 0 fully saturated rings. The summed E-state index contributed by atoms with van der Waals surface area (Å²) in [6, 6.07) is 5.91. The first-order chi connectivity index (χ1) is 8.65. The predicted octanol–water partition coefficient (Wildman–Crippen LogP) is 2.55. The van der Waals surface area contributed by atoms with Gasteiger partial charge in [-0.3, -0.25) is 4.79 Å². The van der Waals surface area contributed by atoms with Crippen molar-refractivity contribution in [1.82, 2.24) is 5.32 Å². The van der Waals surface area contributed by atoms with Crippen LogP contribution in [0.3, 0.4) is 0 Å². The molecular weight excluding hydrogens is 264 g/mol. The average molecular weight is 283 g/mol. The number of fused-ring (bicyclic) bond motifs is 1. The van der Waals surface area contributed by atoms with E-state index in [1.807, 2.05) is 32.0 Å². The second-order valence-corrected chi connectivity index (χ2v) is 4.41. The quantitative estimate of drug-likeness (QED) is 0.847. The summed E-state index contributed by atoms with van der Waals surface area (Å²) in [5, 5.41) is 3.81. The van der Waals surface area contributed by atoms with Crippen LogP contribution in [-0.2, 0) is 0 Å². The van der Waals surface area contributed by atoms with E-state index in [1.54, 1.807) is 0 Å². The minimum atomic E-state index is -0.170. The Balaban J connectivity index is 0.00000180. The molecule has 1 aromatic heterocycles. The standard InChI is InChI=1S/C14H18N2O2.ClH/c1-9-5-3-6-11-10(2)13(18-12(9)11)14(17)16-8-4-7-15;/h3,5-6H,4,7-8,15H2,1-2H3,(H,16,17);1H. The topological polar surface area (TPSA) is 68.3 Å². The molecule has 0 spiro atoms. The predicted molar refractivity (Wildman–Crippen MR) is 78.9 cm³/mol. The Morgan fingerprint density at radius 2 is 2.11 bits per heavy atom. The average Bonchev–Trinajstić information content (AvgIpc) is 2.69. The van der Waals surface area contributed by atoms with Crippen molar-refractivity contribution in [3.63, 3.8) is 0 Å². The Labute approximate surface area is 118 Å². The third-order valence-corrected chi connectivity index (χ3v) is 3.03. The number of hydrogen-bond acceptors (Lipinski definition) is 3. The van der Waals surface area contributed by atoms with E-state index in [-0.39, 0.29) is 18.3 Å². The first-order valence-electron chi connectivity index (χ1n) is 6.12. The fourth-order valence-electron chi connectivity index (χ4n) is 1.99. The molecule has 2 aromatic rings. The maximum Gasteiger partial charge on any atom is 0.287 e. The van der Waals surface area contributed by atoms with Crippen LogP contribution in [0.15, 0.2) is 22.6 Å². The number of rotatable bonds is 4. The molecule has 0 atom stereocenters. The normalized spacial score (nSPS) is 10.3. The van der Waals surface area contributed by atoms with E-state index in [2.05, 4.69) is 5.32 Å². The van der Waals surface area contributed by atoms with Crippen LogP contribution in [0.2, 0.25) is 0 Å². The molecule has 1 heterocycles. The fraction of sp³-hybridized carbons (Fsp3) is 0.357. The van der Waals surface area contributed by atoms with Crippen molar-refractivity contribution in [3.05, 3.63) is 35.1 Å². The third-order valence-electron chi connectivity index (χ3n) is 3.03. The van der Waals surface area contributed by atoms with Crippen LogP contribution >= 0.6 is 12.4 Å². The van der Waals surface area contributed by atoms with Crippen LogP contribution in [0, 0.1) is 13.8 Å². The Morgan fingerprint density at radius 3 is 2.74 bits per heavy atom. The largest absolute Gasteiger partial charge is 0.450 e. The van der Waals surface area contributed by atoms with E-state index in [0.717, 1.165) is 28.5 Å². The first kappa shape index (κ1) is 15.5.